The fraction of sp³-hybridized carbons (Fsp3) is 0.167. The van der Waals surface area contributed by atoms with Gasteiger partial charge in [-0.3, -0.25) is 0 Å². The lowest BCUT2D eigenvalue weighted by Gasteiger charge is -2.08. The van der Waals surface area contributed by atoms with Crippen LogP contribution in [0.1, 0.15) is 17.4 Å². The minimum atomic E-state index is -0.467. The first-order chi connectivity index (χ1) is 12.7. The van der Waals surface area contributed by atoms with Gasteiger partial charge in [0.2, 0.25) is 11.8 Å². The van der Waals surface area contributed by atoms with Crippen molar-refractivity contribution in [2.75, 3.05) is 19.0 Å². The summed E-state index contributed by atoms with van der Waals surface area (Å²) in [6.07, 6.45) is 4.80. The van der Waals surface area contributed by atoms with Crippen LogP contribution in [0.5, 0.6) is 5.88 Å². The van der Waals surface area contributed by atoms with E-state index in [1.807, 2.05) is 6.07 Å². The van der Waals surface area contributed by atoms with Crippen molar-refractivity contribution in [3.63, 3.8) is 0 Å². The standard InChI is InChI=1S/C18H17N5O3/c1-3-26-17(24)15-10-12(6-8-19-15)14-7-9-20-18(23-14)22-13-4-5-16(25-2)21-11-13/h4-11H,3H2,1-2H3,(H,20,22,23). The molecule has 0 aliphatic heterocycles. The highest BCUT2D eigenvalue weighted by atomic mass is 16.5. The molecule has 0 atom stereocenters. The molecule has 3 rings (SSSR count). The average Bonchev–Trinajstić information content (AvgIpc) is 2.69. The van der Waals surface area contributed by atoms with Crippen molar-refractivity contribution in [2.24, 2.45) is 0 Å². The van der Waals surface area contributed by atoms with Crippen molar-refractivity contribution >= 4 is 17.6 Å². The molecule has 0 amide bonds. The molecule has 0 bridgehead atoms. The molecular weight excluding hydrogens is 334 g/mol. The van der Waals surface area contributed by atoms with E-state index in [1.165, 1.54) is 0 Å². The molecule has 0 spiro atoms. The highest BCUT2D eigenvalue weighted by molar-refractivity contribution is 5.88. The summed E-state index contributed by atoms with van der Waals surface area (Å²) < 4.78 is 10.0. The van der Waals surface area contributed by atoms with Gasteiger partial charge in [0.15, 0.2) is 0 Å². The van der Waals surface area contributed by atoms with E-state index in [1.54, 1.807) is 56.9 Å². The predicted octanol–water partition coefficient (Wildman–Crippen LogP) is 2.86. The van der Waals surface area contributed by atoms with Crippen LogP contribution in [0.2, 0.25) is 0 Å². The number of aromatic nitrogens is 4. The third-order valence-electron chi connectivity index (χ3n) is 3.40. The van der Waals surface area contributed by atoms with Gasteiger partial charge >= 0.3 is 5.97 Å². The molecule has 3 heterocycles. The van der Waals surface area contributed by atoms with E-state index < -0.39 is 5.97 Å². The van der Waals surface area contributed by atoms with Crippen LogP contribution in [0.15, 0.2) is 48.9 Å². The molecule has 0 unspecified atom stereocenters. The topological polar surface area (TPSA) is 99.1 Å². The van der Waals surface area contributed by atoms with Crippen molar-refractivity contribution in [2.45, 2.75) is 6.92 Å². The number of pyridine rings is 2. The van der Waals surface area contributed by atoms with Gasteiger partial charge in [-0.2, -0.15) is 0 Å². The molecule has 3 aromatic rings. The van der Waals surface area contributed by atoms with Crippen molar-refractivity contribution in [1.29, 1.82) is 0 Å². The summed E-state index contributed by atoms with van der Waals surface area (Å²) in [5.74, 6) is 0.462. The SMILES string of the molecule is CCOC(=O)c1cc(-c2ccnc(Nc3ccc(OC)nc3)n2)ccn1. The second-order valence-electron chi connectivity index (χ2n) is 5.13. The number of nitrogens with zero attached hydrogens (tertiary/aromatic N) is 4. The third-order valence-corrected chi connectivity index (χ3v) is 3.40. The van der Waals surface area contributed by atoms with E-state index in [-0.39, 0.29) is 5.69 Å². The quantitative estimate of drug-likeness (QED) is 0.677. The largest absolute Gasteiger partial charge is 0.481 e. The van der Waals surface area contributed by atoms with Crippen molar-refractivity contribution in [3.8, 4) is 17.1 Å². The van der Waals surface area contributed by atoms with E-state index in [9.17, 15) is 4.79 Å². The summed E-state index contributed by atoms with van der Waals surface area (Å²) in [7, 11) is 1.56. The molecule has 3 aromatic heterocycles. The Kier molecular flexibility index (Phi) is 5.33. The third kappa shape index (κ3) is 4.10. The number of rotatable bonds is 6. The summed E-state index contributed by atoms with van der Waals surface area (Å²) in [6, 6.07) is 8.71. The molecule has 0 radical (unpaired) electrons. The van der Waals surface area contributed by atoms with Gasteiger partial charge in [0.25, 0.3) is 0 Å². The lowest BCUT2D eigenvalue weighted by atomic mass is 10.1. The summed E-state index contributed by atoms with van der Waals surface area (Å²) in [6.45, 7) is 2.04. The number of nitrogens with one attached hydrogen (secondary N) is 1. The van der Waals surface area contributed by atoms with Crippen LogP contribution < -0.4 is 10.1 Å². The Hall–Kier alpha value is -3.55. The first kappa shape index (κ1) is 17.3. The molecule has 8 nitrogen and oxygen atoms in total. The number of anilines is 2. The van der Waals surface area contributed by atoms with Crippen LogP contribution in [-0.4, -0.2) is 39.6 Å². The Morgan fingerprint density at radius 3 is 2.69 bits per heavy atom. The summed E-state index contributed by atoms with van der Waals surface area (Å²) in [5, 5.41) is 3.08. The number of ether oxygens (including phenoxy) is 2. The number of methoxy groups -OCH3 is 1. The zero-order valence-corrected chi connectivity index (χ0v) is 14.3. The van der Waals surface area contributed by atoms with Crippen molar-refractivity contribution in [1.82, 2.24) is 19.9 Å². The normalized spacial score (nSPS) is 10.2. The fourth-order valence-corrected chi connectivity index (χ4v) is 2.19. The number of carbonyl (C=O) groups excluding carboxylic acids is 1. The van der Waals surface area contributed by atoms with E-state index in [2.05, 4.69) is 25.3 Å². The first-order valence-electron chi connectivity index (χ1n) is 7.93. The van der Waals surface area contributed by atoms with Gasteiger partial charge in [0, 0.05) is 24.0 Å². The molecule has 0 aliphatic carbocycles. The van der Waals surface area contributed by atoms with Crippen LogP contribution in [0.4, 0.5) is 11.6 Å². The molecule has 0 saturated heterocycles. The van der Waals surface area contributed by atoms with Gasteiger partial charge in [0.1, 0.15) is 5.69 Å². The molecule has 26 heavy (non-hydrogen) atoms. The molecule has 0 fully saturated rings. The van der Waals surface area contributed by atoms with Gasteiger partial charge in [-0.1, -0.05) is 0 Å². The summed E-state index contributed by atoms with van der Waals surface area (Å²) >= 11 is 0. The fourth-order valence-electron chi connectivity index (χ4n) is 2.19. The Labute approximate surface area is 150 Å². The monoisotopic (exact) mass is 351 g/mol. The molecule has 0 aromatic carbocycles. The molecule has 0 saturated carbocycles. The van der Waals surface area contributed by atoms with Crippen LogP contribution >= 0.6 is 0 Å². The molecular formula is C18H17N5O3. The van der Waals surface area contributed by atoms with Gasteiger partial charge in [-0.15, -0.1) is 0 Å². The smallest absolute Gasteiger partial charge is 0.356 e. The molecule has 0 aliphatic rings. The van der Waals surface area contributed by atoms with Gasteiger partial charge in [0.05, 0.1) is 31.3 Å². The van der Waals surface area contributed by atoms with E-state index >= 15 is 0 Å². The minimum Gasteiger partial charge on any atom is -0.481 e. The Morgan fingerprint density at radius 2 is 1.96 bits per heavy atom. The molecule has 1 N–H and O–H groups in total. The van der Waals surface area contributed by atoms with Crippen LogP contribution in [-0.2, 0) is 4.74 Å². The van der Waals surface area contributed by atoms with E-state index in [0.29, 0.717) is 24.1 Å². The zero-order chi connectivity index (χ0) is 18.4. The number of hydrogen-bond acceptors (Lipinski definition) is 8. The van der Waals surface area contributed by atoms with Crippen LogP contribution in [0.25, 0.3) is 11.3 Å². The zero-order valence-electron chi connectivity index (χ0n) is 14.3. The predicted molar refractivity (Wildman–Crippen MR) is 95.3 cm³/mol. The van der Waals surface area contributed by atoms with Crippen molar-refractivity contribution in [3.05, 3.63) is 54.6 Å². The summed E-state index contributed by atoms with van der Waals surface area (Å²) in [5.41, 5.74) is 2.35. The van der Waals surface area contributed by atoms with E-state index in [4.69, 9.17) is 9.47 Å². The van der Waals surface area contributed by atoms with Crippen LogP contribution in [0.3, 0.4) is 0 Å². The van der Waals surface area contributed by atoms with Crippen molar-refractivity contribution < 1.29 is 14.3 Å². The lowest BCUT2D eigenvalue weighted by Crippen LogP contribution is -2.07. The van der Waals surface area contributed by atoms with Crippen LogP contribution in [0, 0.1) is 0 Å². The molecule has 8 heteroatoms. The second-order valence-corrected chi connectivity index (χ2v) is 5.13. The first-order valence-corrected chi connectivity index (χ1v) is 7.93. The van der Waals surface area contributed by atoms with Gasteiger partial charge in [-0.25, -0.2) is 24.7 Å². The number of esters is 1. The van der Waals surface area contributed by atoms with Gasteiger partial charge < -0.3 is 14.8 Å². The maximum atomic E-state index is 11.8. The average molecular weight is 351 g/mol. The maximum absolute atomic E-state index is 11.8. The highest BCUT2D eigenvalue weighted by Crippen LogP contribution is 2.20. The van der Waals surface area contributed by atoms with E-state index in [0.717, 1.165) is 11.3 Å². The lowest BCUT2D eigenvalue weighted by molar-refractivity contribution is 0.0519. The second kappa shape index (κ2) is 8.02. The Balaban J connectivity index is 1.82. The highest BCUT2D eigenvalue weighted by Gasteiger charge is 2.11. The summed E-state index contributed by atoms with van der Waals surface area (Å²) in [4.78, 5) is 28.7. The minimum absolute atomic E-state index is 0.233. The Morgan fingerprint density at radius 1 is 1.12 bits per heavy atom. The number of carbonyl (C=O) groups is 1. The van der Waals surface area contributed by atoms with Gasteiger partial charge in [-0.05, 0) is 31.2 Å². The molecule has 132 valence electrons. The number of hydrogen-bond donors (Lipinski definition) is 1. The Bertz CT molecular complexity index is 899. The maximum Gasteiger partial charge on any atom is 0.356 e.